The Balaban J connectivity index is 1.87. The van der Waals surface area contributed by atoms with Crippen molar-refractivity contribution in [1.82, 2.24) is 4.98 Å². The molecule has 130 valence electrons. The van der Waals surface area contributed by atoms with Gasteiger partial charge in [-0.05, 0) is 24.3 Å². The molecule has 0 spiro atoms. The van der Waals surface area contributed by atoms with E-state index in [1.807, 2.05) is 19.2 Å². The van der Waals surface area contributed by atoms with Crippen molar-refractivity contribution >= 4 is 22.9 Å². The summed E-state index contributed by atoms with van der Waals surface area (Å²) in [6, 6.07) is 5.73. The van der Waals surface area contributed by atoms with Crippen LogP contribution in [0.1, 0.15) is 30.5 Å². The number of nitrogens with one attached hydrogen (secondary N) is 1. The first kappa shape index (κ1) is 18.3. The second-order valence-corrected chi connectivity index (χ2v) is 6.37. The van der Waals surface area contributed by atoms with Gasteiger partial charge >= 0.3 is 6.18 Å². The average molecular weight is 358 g/mol. The monoisotopic (exact) mass is 358 g/mol. The van der Waals surface area contributed by atoms with E-state index in [0.29, 0.717) is 17.3 Å². The van der Waals surface area contributed by atoms with Crippen LogP contribution in [0, 0.1) is 0 Å². The lowest BCUT2D eigenvalue weighted by Gasteiger charge is -2.10. The number of alkyl halides is 3. The number of ether oxygens (including phenoxy) is 1. The van der Waals surface area contributed by atoms with Crippen molar-refractivity contribution in [2.24, 2.45) is 0 Å². The highest BCUT2D eigenvalue weighted by Crippen LogP contribution is 2.21. The van der Waals surface area contributed by atoms with Crippen molar-refractivity contribution in [3.63, 3.8) is 0 Å². The zero-order valence-electron chi connectivity index (χ0n) is 13.2. The van der Waals surface area contributed by atoms with Crippen LogP contribution in [0.3, 0.4) is 0 Å². The van der Waals surface area contributed by atoms with Crippen molar-refractivity contribution in [2.75, 3.05) is 11.9 Å². The number of carbonyl (C=O) groups excluding carboxylic acids is 1. The second kappa shape index (κ2) is 7.65. The molecule has 1 heterocycles. The summed E-state index contributed by atoms with van der Waals surface area (Å²) < 4.78 is 40.8. The Kier molecular flexibility index (Phi) is 5.82. The molecule has 0 aliphatic rings. The van der Waals surface area contributed by atoms with Crippen LogP contribution in [-0.4, -0.2) is 23.7 Å². The molecule has 2 rings (SSSR count). The predicted molar refractivity (Wildman–Crippen MR) is 86.5 cm³/mol. The largest absolute Gasteiger partial charge is 0.484 e. The highest BCUT2D eigenvalue weighted by Gasteiger charge is 2.28. The molecule has 0 aliphatic heterocycles. The van der Waals surface area contributed by atoms with Crippen LogP contribution < -0.4 is 10.1 Å². The Morgan fingerprint density at radius 2 is 1.96 bits per heavy atom. The first-order valence-corrected chi connectivity index (χ1v) is 8.14. The third kappa shape index (κ3) is 5.84. The third-order valence-corrected chi connectivity index (χ3v) is 4.14. The Hall–Kier alpha value is -2.09. The topological polar surface area (TPSA) is 51.2 Å². The zero-order valence-corrected chi connectivity index (χ0v) is 14.0. The molecule has 0 saturated carbocycles. The number of anilines is 1. The van der Waals surface area contributed by atoms with Crippen molar-refractivity contribution in [3.05, 3.63) is 40.3 Å². The molecule has 8 heteroatoms. The Morgan fingerprint density at radius 3 is 2.50 bits per heavy atom. The Morgan fingerprint density at radius 1 is 1.29 bits per heavy atom. The van der Waals surface area contributed by atoms with E-state index in [4.69, 9.17) is 0 Å². The van der Waals surface area contributed by atoms with Gasteiger partial charge in [-0.2, -0.15) is 13.2 Å². The summed E-state index contributed by atoms with van der Waals surface area (Å²) >= 11 is 1.52. The van der Waals surface area contributed by atoms with Crippen LogP contribution in [-0.2, 0) is 11.2 Å². The van der Waals surface area contributed by atoms with E-state index in [0.717, 1.165) is 5.01 Å². The molecule has 0 atom stereocenters. The molecule has 0 aliphatic carbocycles. The maximum atomic E-state index is 12.1. The minimum Gasteiger partial charge on any atom is -0.484 e. The number of aromatic nitrogens is 1. The number of thiazole rings is 1. The van der Waals surface area contributed by atoms with Gasteiger partial charge in [-0.25, -0.2) is 4.98 Å². The summed E-state index contributed by atoms with van der Waals surface area (Å²) in [5.41, 5.74) is 1.19. The molecule has 1 N–H and O–H groups in total. The van der Waals surface area contributed by atoms with Gasteiger partial charge in [0.05, 0.1) is 17.1 Å². The molecule has 1 aromatic carbocycles. The van der Waals surface area contributed by atoms with E-state index >= 15 is 0 Å². The van der Waals surface area contributed by atoms with Crippen LogP contribution in [0.25, 0.3) is 0 Å². The van der Waals surface area contributed by atoms with Gasteiger partial charge in [-0.15, -0.1) is 11.3 Å². The normalized spacial score (nSPS) is 11.6. The number of hydrogen-bond acceptors (Lipinski definition) is 4. The van der Waals surface area contributed by atoms with Crippen LogP contribution in [0.5, 0.6) is 5.75 Å². The lowest BCUT2D eigenvalue weighted by atomic mass is 10.2. The predicted octanol–water partition coefficient (Wildman–Crippen LogP) is 4.39. The Labute approximate surface area is 141 Å². The molecular weight excluding hydrogens is 341 g/mol. The lowest BCUT2D eigenvalue weighted by Crippen LogP contribution is -2.19. The molecule has 0 saturated heterocycles. The van der Waals surface area contributed by atoms with Crippen LogP contribution in [0.4, 0.5) is 18.9 Å². The van der Waals surface area contributed by atoms with Gasteiger partial charge in [0.2, 0.25) is 5.91 Å². The SMILES string of the molecule is CC(C)c1nc(CC(=O)Nc2ccc(OCC(F)(F)F)cc2)cs1. The van der Waals surface area contributed by atoms with E-state index in [9.17, 15) is 18.0 Å². The molecule has 0 fully saturated rings. The fourth-order valence-corrected chi connectivity index (χ4v) is 2.67. The van der Waals surface area contributed by atoms with Crippen LogP contribution in [0.2, 0.25) is 0 Å². The summed E-state index contributed by atoms with van der Waals surface area (Å²) in [7, 11) is 0. The van der Waals surface area contributed by atoms with Crippen molar-refractivity contribution in [3.8, 4) is 5.75 Å². The quantitative estimate of drug-likeness (QED) is 0.833. The number of halogens is 3. The van der Waals surface area contributed by atoms with Gasteiger partial charge in [-0.3, -0.25) is 4.79 Å². The highest BCUT2D eigenvalue weighted by atomic mass is 32.1. The summed E-state index contributed by atoms with van der Waals surface area (Å²) in [6.45, 7) is 2.72. The minimum absolute atomic E-state index is 0.0893. The van der Waals surface area contributed by atoms with Crippen molar-refractivity contribution in [2.45, 2.75) is 32.4 Å². The van der Waals surface area contributed by atoms with Crippen LogP contribution >= 0.6 is 11.3 Å². The molecule has 0 unspecified atom stereocenters. The second-order valence-electron chi connectivity index (χ2n) is 5.48. The first-order valence-electron chi connectivity index (χ1n) is 7.26. The maximum absolute atomic E-state index is 12.1. The number of carbonyl (C=O) groups is 1. The summed E-state index contributed by atoms with van der Waals surface area (Å²) in [5.74, 6) is 0.169. The van der Waals surface area contributed by atoms with E-state index in [2.05, 4.69) is 15.0 Å². The first-order chi connectivity index (χ1) is 11.2. The van der Waals surface area contributed by atoms with Crippen LogP contribution in [0.15, 0.2) is 29.6 Å². The molecule has 1 amide bonds. The fourth-order valence-electron chi connectivity index (χ4n) is 1.84. The third-order valence-electron chi connectivity index (χ3n) is 2.95. The van der Waals surface area contributed by atoms with E-state index in [1.165, 1.54) is 35.6 Å². The molecular formula is C16H17F3N2O2S. The molecule has 2 aromatic rings. The van der Waals surface area contributed by atoms with Gasteiger partial charge in [0.25, 0.3) is 0 Å². The standard InChI is InChI=1S/C16H17F3N2O2S/c1-10(2)15-21-12(8-24-15)7-14(22)20-11-3-5-13(6-4-11)23-9-16(17,18)19/h3-6,8,10H,7,9H2,1-2H3,(H,20,22). The van der Waals surface area contributed by atoms with Gasteiger partial charge in [0.15, 0.2) is 6.61 Å². The van der Waals surface area contributed by atoms with Gasteiger partial charge < -0.3 is 10.1 Å². The van der Waals surface area contributed by atoms with Crippen molar-refractivity contribution < 1.29 is 22.7 Å². The summed E-state index contributed by atoms with van der Waals surface area (Å²) in [6.07, 6.45) is -4.23. The van der Waals surface area contributed by atoms with Gasteiger partial charge in [0.1, 0.15) is 5.75 Å². The number of hydrogen-bond donors (Lipinski definition) is 1. The van der Waals surface area contributed by atoms with E-state index < -0.39 is 12.8 Å². The molecule has 0 radical (unpaired) electrons. The Bertz CT molecular complexity index is 681. The number of benzene rings is 1. The highest BCUT2D eigenvalue weighted by molar-refractivity contribution is 7.09. The van der Waals surface area contributed by atoms with Crippen molar-refractivity contribution in [1.29, 1.82) is 0 Å². The molecule has 1 aromatic heterocycles. The average Bonchev–Trinajstić information content (AvgIpc) is 2.94. The maximum Gasteiger partial charge on any atom is 0.422 e. The smallest absolute Gasteiger partial charge is 0.422 e. The molecule has 0 bridgehead atoms. The summed E-state index contributed by atoms with van der Waals surface area (Å²) in [5, 5.41) is 5.50. The van der Waals surface area contributed by atoms with Gasteiger partial charge in [0, 0.05) is 17.0 Å². The number of amides is 1. The minimum atomic E-state index is -4.38. The van der Waals surface area contributed by atoms with E-state index in [1.54, 1.807) is 0 Å². The molecule has 4 nitrogen and oxygen atoms in total. The van der Waals surface area contributed by atoms with Gasteiger partial charge in [-0.1, -0.05) is 13.8 Å². The molecule has 24 heavy (non-hydrogen) atoms. The number of rotatable bonds is 6. The zero-order chi connectivity index (χ0) is 17.7. The van der Waals surface area contributed by atoms with E-state index in [-0.39, 0.29) is 18.1 Å². The fraction of sp³-hybridized carbons (Fsp3) is 0.375. The summed E-state index contributed by atoms with van der Waals surface area (Å²) in [4.78, 5) is 16.4. The lowest BCUT2D eigenvalue weighted by molar-refractivity contribution is -0.153. The number of nitrogens with zero attached hydrogens (tertiary/aromatic N) is 1.